The van der Waals surface area contributed by atoms with Crippen molar-refractivity contribution < 1.29 is 4.52 Å². The summed E-state index contributed by atoms with van der Waals surface area (Å²) in [5.41, 5.74) is 1.88. The van der Waals surface area contributed by atoms with E-state index in [0.717, 1.165) is 42.7 Å². The summed E-state index contributed by atoms with van der Waals surface area (Å²) in [6.07, 6.45) is 6.47. The predicted octanol–water partition coefficient (Wildman–Crippen LogP) is 1.36. The molecule has 2 aromatic heterocycles. The molecule has 0 aromatic carbocycles. The van der Waals surface area contributed by atoms with Gasteiger partial charge in [0.15, 0.2) is 5.76 Å². The molecular formula is C15H21N5O. The predicted molar refractivity (Wildman–Crippen MR) is 78.6 cm³/mol. The summed E-state index contributed by atoms with van der Waals surface area (Å²) in [5, 5.41) is 8.34. The number of fused-ring (bicyclic) bond motifs is 1. The van der Waals surface area contributed by atoms with Gasteiger partial charge < -0.3 is 4.52 Å². The molecule has 4 heterocycles. The first-order valence-corrected chi connectivity index (χ1v) is 7.69. The summed E-state index contributed by atoms with van der Waals surface area (Å²) in [4.78, 5) is 5.11. The Morgan fingerprint density at radius 2 is 2.29 bits per heavy atom. The zero-order chi connectivity index (χ0) is 14.2. The first-order valence-electron chi connectivity index (χ1n) is 7.69. The molecule has 112 valence electrons. The first-order chi connectivity index (χ1) is 10.3. The molecule has 0 amide bonds. The van der Waals surface area contributed by atoms with E-state index >= 15 is 0 Å². The number of aryl methyl sites for hydroxylation is 1. The van der Waals surface area contributed by atoms with Crippen molar-refractivity contribution in [1.29, 1.82) is 0 Å². The summed E-state index contributed by atoms with van der Waals surface area (Å²) in [6, 6.07) is 2.79. The van der Waals surface area contributed by atoms with Gasteiger partial charge in [-0.1, -0.05) is 5.16 Å². The Morgan fingerprint density at radius 3 is 3.14 bits per heavy atom. The fourth-order valence-corrected chi connectivity index (χ4v) is 3.50. The highest BCUT2D eigenvalue weighted by Gasteiger charge is 2.30. The van der Waals surface area contributed by atoms with Crippen molar-refractivity contribution in [2.24, 2.45) is 7.05 Å². The van der Waals surface area contributed by atoms with Crippen molar-refractivity contribution in [2.45, 2.75) is 25.4 Å². The molecule has 0 unspecified atom stereocenters. The second-order valence-corrected chi connectivity index (χ2v) is 6.15. The first kappa shape index (κ1) is 13.0. The summed E-state index contributed by atoms with van der Waals surface area (Å²) in [7, 11) is 1.91. The van der Waals surface area contributed by atoms with Crippen molar-refractivity contribution >= 4 is 0 Å². The van der Waals surface area contributed by atoms with Gasteiger partial charge in [0.1, 0.15) is 5.69 Å². The maximum absolute atomic E-state index is 5.50. The van der Waals surface area contributed by atoms with Crippen LogP contribution >= 0.6 is 0 Å². The zero-order valence-electron chi connectivity index (χ0n) is 12.4. The van der Waals surface area contributed by atoms with Crippen molar-refractivity contribution in [3.05, 3.63) is 24.2 Å². The minimum Gasteiger partial charge on any atom is -0.359 e. The highest BCUT2D eigenvalue weighted by atomic mass is 16.5. The second kappa shape index (κ2) is 5.27. The topological polar surface area (TPSA) is 50.3 Å². The molecule has 0 N–H and O–H groups in total. The minimum absolute atomic E-state index is 0.750. The van der Waals surface area contributed by atoms with Gasteiger partial charge >= 0.3 is 0 Å². The molecule has 6 heteroatoms. The van der Waals surface area contributed by atoms with E-state index in [9.17, 15) is 0 Å². The van der Waals surface area contributed by atoms with Crippen molar-refractivity contribution in [1.82, 2.24) is 24.7 Å². The van der Waals surface area contributed by atoms with Crippen LogP contribution in [0.4, 0.5) is 0 Å². The number of piperazine rings is 1. The van der Waals surface area contributed by atoms with Crippen LogP contribution in [0.3, 0.4) is 0 Å². The van der Waals surface area contributed by atoms with Gasteiger partial charge in [0.25, 0.3) is 0 Å². The Hall–Kier alpha value is -1.66. The summed E-state index contributed by atoms with van der Waals surface area (Å²) in [5.74, 6) is 0.945. The quantitative estimate of drug-likeness (QED) is 0.853. The van der Waals surface area contributed by atoms with E-state index in [1.54, 1.807) is 4.68 Å². The molecule has 2 aromatic rings. The minimum atomic E-state index is 0.750. The van der Waals surface area contributed by atoms with E-state index in [4.69, 9.17) is 4.52 Å². The highest BCUT2D eigenvalue weighted by Crippen LogP contribution is 2.24. The smallest absolute Gasteiger partial charge is 0.151 e. The lowest BCUT2D eigenvalue weighted by Crippen LogP contribution is -2.49. The molecule has 0 saturated carbocycles. The molecule has 0 bridgehead atoms. The van der Waals surface area contributed by atoms with Crippen molar-refractivity contribution in [2.75, 3.05) is 26.2 Å². The summed E-state index contributed by atoms with van der Waals surface area (Å²) < 4.78 is 7.28. The van der Waals surface area contributed by atoms with Crippen LogP contribution in [0.15, 0.2) is 23.0 Å². The third kappa shape index (κ3) is 2.61. The third-order valence-electron chi connectivity index (χ3n) is 4.61. The molecule has 1 atom stereocenters. The SMILES string of the molecule is Cn1cc(-c2cc(CN3CCN4CCC[C@H]4C3)on2)cn1. The van der Waals surface area contributed by atoms with Crippen molar-refractivity contribution in [3.8, 4) is 11.3 Å². The third-order valence-corrected chi connectivity index (χ3v) is 4.61. The lowest BCUT2D eigenvalue weighted by Gasteiger charge is -2.36. The molecule has 4 rings (SSSR count). The highest BCUT2D eigenvalue weighted by molar-refractivity contribution is 5.56. The van der Waals surface area contributed by atoms with Gasteiger partial charge in [0, 0.05) is 50.6 Å². The molecule has 2 aliphatic heterocycles. The average molecular weight is 287 g/mol. The summed E-state index contributed by atoms with van der Waals surface area (Å²) >= 11 is 0. The van der Waals surface area contributed by atoms with E-state index in [2.05, 4.69) is 20.1 Å². The molecular weight excluding hydrogens is 266 g/mol. The number of hydrogen-bond acceptors (Lipinski definition) is 5. The van der Waals surface area contributed by atoms with Gasteiger partial charge in [0.05, 0.1) is 12.7 Å². The van der Waals surface area contributed by atoms with Gasteiger partial charge in [-0.05, 0) is 19.4 Å². The second-order valence-electron chi connectivity index (χ2n) is 6.15. The van der Waals surface area contributed by atoms with Crippen molar-refractivity contribution in [3.63, 3.8) is 0 Å². The fourth-order valence-electron chi connectivity index (χ4n) is 3.50. The maximum Gasteiger partial charge on any atom is 0.151 e. The molecule has 2 saturated heterocycles. The normalized spacial score (nSPS) is 23.6. The lowest BCUT2D eigenvalue weighted by molar-refractivity contribution is 0.0922. The van der Waals surface area contributed by atoms with Crippen LogP contribution in [-0.2, 0) is 13.6 Å². The molecule has 2 fully saturated rings. The van der Waals surface area contributed by atoms with Gasteiger partial charge in [-0.25, -0.2) is 0 Å². The molecule has 2 aliphatic rings. The maximum atomic E-state index is 5.50. The molecule has 0 radical (unpaired) electrons. The Morgan fingerprint density at radius 1 is 1.33 bits per heavy atom. The molecule has 0 aliphatic carbocycles. The van der Waals surface area contributed by atoms with Crippen LogP contribution in [0.2, 0.25) is 0 Å². The van der Waals surface area contributed by atoms with Crippen LogP contribution < -0.4 is 0 Å². The fraction of sp³-hybridized carbons (Fsp3) is 0.600. The van der Waals surface area contributed by atoms with Gasteiger partial charge in [0.2, 0.25) is 0 Å². The average Bonchev–Trinajstić information content (AvgIpc) is 3.18. The van der Waals surface area contributed by atoms with Gasteiger partial charge in [-0.2, -0.15) is 5.10 Å². The Labute approximate surface area is 124 Å². The van der Waals surface area contributed by atoms with Crippen LogP contribution in [-0.4, -0.2) is 57.0 Å². The van der Waals surface area contributed by atoms with Crippen LogP contribution in [0, 0.1) is 0 Å². The zero-order valence-corrected chi connectivity index (χ0v) is 12.4. The number of hydrogen-bond donors (Lipinski definition) is 0. The van der Waals surface area contributed by atoms with E-state index in [1.165, 1.54) is 25.9 Å². The monoisotopic (exact) mass is 287 g/mol. The van der Waals surface area contributed by atoms with E-state index in [0.29, 0.717) is 0 Å². The number of aromatic nitrogens is 3. The molecule has 21 heavy (non-hydrogen) atoms. The molecule has 0 spiro atoms. The van der Waals surface area contributed by atoms with Crippen LogP contribution in [0.5, 0.6) is 0 Å². The number of nitrogens with zero attached hydrogens (tertiary/aromatic N) is 5. The Balaban J connectivity index is 1.42. The summed E-state index contributed by atoms with van der Waals surface area (Å²) in [6.45, 7) is 5.61. The van der Waals surface area contributed by atoms with Gasteiger partial charge in [-0.15, -0.1) is 0 Å². The van der Waals surface area contributed by atoms with Gasteiger partial charge in [-0.3, -0.25) is 14.5 Å². The Bertz CT molecular complexity index is 619. The number of rotatable bonds is 3. The standard InChI is InChI=1S/C15H21N5O/c1-18-9-12(8-16-18)15-7-14(21-17-15)11-19-5-6-20-4-2-3-13(20)10-19/h7-9,13H,2-6,10-11H2,1H3/t13-/m0/s1. The lowest BCUT2D eigenvalue weighted by atomic mass is 10.1. The largest absolute Gasteiger partial charge is 0.359 e. The van der Waals surface area contributed by atoms with E-state index in [-0.39, 0.29) is 0 Å². The van der Waals surface area contributed by atoms with E-state index in [1.807, 2.05) is 25.5 Å². The van der Waals surface area contributed by atoms with Crippen LogP contribution in [0.25, 0.3) is 11.3 Å². The van der Waals surface area contributed by atoms with Crippen LogP contribution in [0.1, 0.15) is 18.6 Å². The van der Waals surface area contributed by atoms with E-state index < -0.39 is 0 Å². The Kier molecular flexibility index (Phi) is 3.27. The molecule has 6 nitrogen and oxygen atoms in total.